The molecule has 1 aromatic heterocycles. The summed E-state index contributed by atoms with van der Waals surface area (Å²) in [4.78, 5) is 0. The molecule has 33 heavy (non-hydrogen) atoms. The summed E-state index contributed by atoms with van der Waals surface area (Å²) in [5.41, 5.74) is 1.96. The van der Waals surface area contributed by atoms with Crippen molar-refractivity contribution >= 4 is 0 Å². The number of allylic oxidation sites excluding steroid dienone is 3. The predicted molar refractivity (Wildman–Crippen MR) is 130 cm³/mol. The van der Waals surface area contributed by atoms with Gasteiger partial charge < -0.3 is 19.7 Å². The maximum absolute atomic E-state index is 10.1. The van der Waals surface area contributed by atoms with Gasteiger partial charge in [0, 0.05) is 5.92 Å². The van der Waals surface area contributed by atoms with Crippen LogP contribution in [-0.4, -0.2) is 27.5 Å². The van der Waals surface area contributed by atoms with Gasteiger partial charge >= 0.3 is 0 Å². The van der Waals surface area contributed by atoms with E-state index < -0.39 is 17.8 Å². The molecule has 0 spiro atoms. The van der Waals surface area contributed by atoms with Crippen molar-refractivity contribution in [3.63, 3.8) is 0 Å². The molecular formula is C29H40O4. The first-order valence-corrected chi connectivity index (χ1v) is 12.6. The van der Waals surface area contributed by atoms with Crippen molar-refractivity contribution in [1.82, 2.24) is 0 Å². The minimum Gasteiger partial charge on any atom is -0.450 e. The summed E-state index contributed by atoms with van der Waals surface area (Å²) in [6.07, 6.45) is 11.5. The highest BCUT2D eigenvalue weighted by Gasteiger charge is 2.50. The standard InChI is InChI=1S/C29H40O4/c1-19(7-10-24-11-14-27(33-24)28(2,3)32)25-12-13-26-21(6-5-15-29(25,26)4)9-8-20-16-22(30)18-23(31)17-20/h8-9,11,14,19,22-23,25-26,30-32H,5-6,12-13,15-18H2,1-4H3/b21-9+/t19-,22-,23-,25-,26+,29-/m1/s1. The zero-order valence-corrected chi connectivity index (χ0v) is 20.6. The first-order chi connectivity index (χ1) is 15.6. The lowest BCUT2D eigenvalue weighted by atomic mass is 9.61. The summed E-state index contributed by atoms with van der Waals surface area (Å²) in [5, 5.41) is 30.1. The molecule has 180 valence electrons. The Morgan fingerprint density at radius 1 is 1.15 bits per heavy atom. The fraction of sp³-hybridized carbons (Fsp3) is 0.655. The number of hydrogen-bond acceptors (Lipinski definition) is 4. The van der Waals surface area contributed by atoms with Gasteiger partial charge in [0.25, 0.3) is 0 Å². The quantitative estimate of drug-likeness (QED) is 0.532. The number of furan rings is 1. The lowest BCUT2D eigenvalue weighted by Crippen LogP contribution is -2.35. The molecule has 4 nitrogen and oxygen atoms in total. The molecule has 6 atom stereocenters. The Hall–Kier alpha value is -1.80. The van der Waals surface area contributed by atoms with E-state index in [1.807, 2.05) is 6.07 Å². The molecule has 3 aliphatic carbocycles. The molecule has 4 rings (SSSR count). The Morgan fingerprint density at radius 3 is 2.55 bits per heavy atom. The van der Waals surface area contributed by atoms with Crippen LogP contribution in [0.5, 0.6) is 0 Å². The zero-order valence-electron chi connectivity index (χ0n) is 20.6. The molecule has 0 aromatic carbocycles. The van der Waals surface area contributed by atoms with Crippen LogP contribution in [0.25, 0.3) is 0 Å². The smallest absolute Gasteiger partial charge is 0.177 e. The molecule has 1 heterocycles. The van der Waals surface area contributed by atoms with Gasteiger partial charge in [-0.25, -0.2) is 0 Å². The van der Waals surface area contributed by atoms with Crippen molar-refractivity contribution in [2.45, 2.75) is 96.9 Å². The summed E-state index contributed by atoms with van der Waals surface area (Å²) in [7, 11) is 0. The van der Waals surface area contributed by atoms with Gasteiger partial charge in [-0.05, 0) is 101 Å². The van der Waals surface area contributed by atoms with E-state index in [9.17, 15) is 15.3 Å². The Labute approximate surface area is 198 Å². The molecule has 0 unspecified atom stereocenters. The van der Waals surface area contributed by atoms with Crippen LogP contribution >= 0.6 is 0 Å². The van der Waals surface area contributed by atoms with Crippen molar-refractivity contribution < 1.29 is 19.7 Å². The second-order valence-electron chi connectivity index (χ2n) is 11.4. The highest BCUT2D eigenvalue weighted by Crippen LogP contribution is 2.59. The van der Waals surface area contributed by atoms with Crippen molar-refractivity contribution in [3.8, 4) is 11.8 Å². The van der Waals surface area contributed by atoms with E-state index in [-0.39, 0.29) is 11.3 Å². The van der Waals surface area contributed by atoms with E-state index >= 15 is 0 Å². The van der Waals surface area contributed by atoms with Crippen molar-refractivity contribution in [1.29, 1.82) is 0 Å². The van der Waals surface area contributed by atoms with Gasteiger partial charge in [0.15, 0.2) is 5.76 Å². The predicted octanol–water partition coefficient (Wildman–Crippen LogP) is 5.47. The highest BCUT2D eigenvalue weighted by atomic mass is 16.4. The van der Waals surface area contributed by atoms with Crippen molar-refractivity contribution in [2.24, 2.45) is 23.2 Å². The second kappa shape index (κ2) is 9.45. The Morgan fingerprint density at radius 2 is 1.88 bits per heavy atom. The largest absolute Gasteiger partial charge is 0.450 e. The Kier molecular flexibility index (Phi) is 6.97. The molecular weight excluding hydrogens is 412 g/mol. The Bertz CT molecular complexity index is 954. The lowest BCUT2D eigenvalue weighted by molar-refractivity contribution is 0.0537. The third kappa shape index (κ3) is 5.32. The van der Waals surface area contributed by atoms with E-state index in [0.717, 1.165) is 6.42 Å². The first-order valence-electron chi connectivity index (χ1n) is 12.6. The van der Waals surface area contributed by atoms with Crippen molar-refractivity contribution in [2.75, 3.05) is 0 Å². The molecule has 0 radical (unpaired) electrons. The fourth-order valence-corrected chi connectivity index (χ4v) is 6.65. The number of aliphatic hydroxyl groups is 3. The van der Waals surface area contributed by atoms with Crippen LogP contribution in [0.1, 0.15) is 90.6 Å². The molecule has 0 bridgehead atoms. The summed E-state index contributed by atoms with van der Waals surface area (Å²) in [5.74, 6) is 9.24. The molecule has 0 saturated heterocycles. The minimum atomic E-state index is -0.994. The fourth-order valence-electron chi connectivity index (χ4n) is 6.65. The maximum atomic E-state index is 10.1. The van der Waals surface area contributed by atoms with E-state index in [2.05, 4.69) is 37.8 Å². The van der Waals surface area contributed by atoms with Crippen LogP contribution in [0.3, 0.4) is 0 Å². The SMILES string of the molecule is C[C@H](C#Cc1ccc(C(C)(C)O)o1)[C@H]1CC[C@H]2/C(=C/C=C3C[C@@H](O)C[C@H](O)C3)CCC[C@]12C. The number of fused-ring (bicyclic) bond motifs is 1. The van der Waals surface area contributed by atoms with Crippen molar-refractivity contribution in [3.05, 3.63) is 47.0 Å². The van der Waals surface area contributed by atoms with Crippen LogP contribution < -0.4 is 0 Å². The van der Waals surface area contributed by atoms with Crippen LogP contribution in [0.15, 0.2) is 39.8 Å². The van der Waals surface area contributed by atoms with E-state index in [4.69, 9.17) is 4.42 Å². The van der Waals surface area contributed by atoms with Gasteiger partial charge in [0.1, 0.15) is 11.4 Å². The third-order valence-electron chi connectivity index (χ3n) is 8.35. The lowest BCUT2D eigenvalue weighted by Gasteiger charge is -2.43. The highest BCUT2D eigenvalue weighted by molar-refractivity contribution is 5.30. The zero-order chi connectivity index (χ0) is 23.8. The second-order valence-corrected chi connectivity index (χ2v) is 11.4. The van der Waals surface area contributed by atoms with Crippen LogP contribution in [-0.2, 0) is 5.60 Å². The topological polar surface area (TPSA) is 73.8 Å². The van der Waals surface area contributed by atoms with E-state index in [1.54, 1.807) is 19.9 Å². The monoisotopic (exact) mass is 452 g/mol. The molecule has 0 amide bonds. The Balaban J connectivity index is 1.48. The average Bonchev–Trinajstić information content (AvgIpc) is 3.34. The molecule has 0 aliphatic heterocycles. The van der Waals surface area contributed by atoms with Crippen LogP contribution in [0.4, 0.5) is 0 Å². The molecule has 3 fully saturated rings. The van der Waals surface area contributed by atoms with Gasteiger partial charge in [-0.15, -0.1) is 0 Å². The summed E-state index contributed by atoms with van der Waals surface area (Å²) in [6.45, 7) is 8.14. The normalized spacial score (nSPS) is 34.5. The number of aliphatic hydroxyl groups excluding tert-OH is 2. The van der Waals surface area contributed by atoms with Crippen LogP contribution in [0, 0.1) is 35.0 Å². The molecule has 3 N–H and O–H groups in total. The van der Waals surface area contributed by atoms with Gasteiger partial charge in [0.05, 0.1) is 12.2 Å². The van der Waals surface area contributed by atoms with Crippen LogP contribution in [0.2, 0.25) is 0 Å². The molecule has 1 aromatic rings. The molecule has 3 aliphatic rings. The van der Waals surface area contributed by atoms with Gasteiger partial charge in [0.2, 0.25) is 0 Å². The molecule has 3 saturated carbocycles. The minimum absolute atomic E-state index is 0.254. The summed E-state index contributed by atoms with van der Waals surface area (Å²) < 4.78 is 5.74. The summed E-state index contributed by atoms with van der Waals surface area (Å²) >= 11 is 0. The van der Waals surface area contributed by atoms with Gasteiger partial charge in [-0.3, -0.25) is 0 Å². The van der Waals surface area contributed by atoms with Gasteiger partial charge in [-0.1, -0.05) is 43.1 Å². The average molecular weight is 453 g/mol. The summed E-state index contributed by atoms with van der Waals surface area (Å²) in [6, 6.07) is 3.65. The number of hydrogen-bond donors (Lipinski definition) is 3. The first kappa shape index (κ1) is 24.3. The van der Waals surface area contributed by atoms with Gasteiger partial charge in [-0.2, -0.15) is 0 Å². The number of rotatable bonds is 3. The van der Waals surface area contributed by atoms with E-state index in [0.29, 0.717) is 42.6 Å². The van der Waals surface area contributed by atoms with E-state index in [1.165, 1.54) is 36.8 Å². The maximum Gasteiger partial charge on any atom is 0.177 e. The molecule has 4 heteroatoms. The third-order valence-corrected chi connectivity index (χ3v) is 8.35.